The van der Waals surface area contributed by atoms with Crippen molar-refractivity contribution in [2.24, 2.45) is 0 Å². The molecule has 8 heteroatoms. The number of rotatable bonds is 8. The first kappa shape index (κ1) is 18.0. The maximum atomic E-state index is 11.2. The van der Waals surface area contributed by atoms with Crippen LogP contribution in [0.2, 0.25) is 0 Å². The minimum absolute atomic E-state index is 0.0358. The Bertz CT molecular complexity index is 326. The molecule has 0 aromatic rings. The Morgan fingerprint density at radius 1 is 1.21 bits per heavy atom. The first-order chi connectivity index (χ1) is 8.76. The summed E-state index contributed by atoms with van der Waals surface area (Å²) >= 11 is 2.85. The molecule has 1 N–H and O–H groups in total. The molecule has 110 valence electrons. The number of esters is 2. The highest BCUT2D eigenvalue weighted by molar-refractivity contribution is 9.09. The van der Waals surface area contributed by atoms with E-state index in [4.69, 9.17) is 9.57 Å². The predicted octanol–water partition coefficient (Wildman–Crippen LogP) is 0.356. The van der Waals surface area contributed by atoms with Crippen molar-refractivity contribution < 1.29 is 28.7 Å². The third-order valence-corrected chi connectivity index (χ3v) is 2.01. The van der Waals surface area contributed by atoms with Crippen molar-refractivity contribution in [3.8, 4) is 0 Å². The van der Waals surface area contributed by atoms with E-state index in [1.54, 1.807) is 20.8 Å². The molecule has 0 saturated heterocycles. The average molecular weight is 340 g/mol. The van der Waals surface area contributed by atoms with Crippen LogP contribution < -0.4 is 5.48 Å². The number of nitrogens with one attached hydrogen (secondary N) is 1. The number of hydrogen-bond donors (Lipinski definition) is 1. The summed E-state index contributed by atoms with van der Waals surface area (Å²) in [6, 6.07) is 0. The van der Waals surface area contributed by atoms with Crippen LogP contribution in [-0.2, 0) is 28.7 Å². The van der Waals surface area contributed by atoms with E-state index in [9.17, 15) is 14.4 Å². The van der Waals surface area contributed by atoms with Crippen LogP contribution in [0.3, 0.4) is 0 Å². The van der Waals surface area contributed by atoms with Crippen molar-refractivity contribution in [3.05, 3.63) is 0 Å². The summed E-state index contributed by atoms with van der Waals surface area (Å²) in [5, 5.41) is -0.0750. The van der Waals surface area contributed by atoms with Gasteiger partial charge in [0.1, 0.15) is 12.2 Å². The topological polar surface area (TPSA) is 90.9 Å². The number of hydroxylamine groups is 1. The molecule has 0 amide bonds. The molecule has 7 nitrogen and oxygen atoms in total. The summed E-state index contributed by atoms with van der Waals surface area (Å²) in [5.74, 6) is -2.08. The third kappa shape index (κ3) is 10.6. The van der Waals surface area contributed by atoms with Crippen molar-refractivity contribution in [3.63, 3.8) is 0 Å². The summed E-state index contributed by atoms with van der Waals surface area (Å²) in [6.07, 6.45) is 0. The Kier molecular flexibility index (Phi) is 8.53. The van der Waals surface area contributed by atoms with Crippen LogP contribution in [0, 0.1) is 0 Å². The SMILES string of the molecule is CC(C)(C)OC(=O)CONCCOC(=O)C(=O)CBr. The number of carbonyl (C=O) groups excluding carboxylic acids is 3. The Morgan fingerprint density at radius 3 is 2.37 bits per heavy atom. The molecule has 0 rings (SSSR count). The molecule has 0 aliphatic rings. The van der Waals surface area contributed by atoms with Gasteiger partial charge < -0.3 is 9.47 Å². The fourth-order valence-corrected chi connectivity index (χ4v) is 1.10. The summed E-state index contributed by atoms with van der Waals surface area (Å²) < 4.78 is 9.59. The van der Waals surface area contributed by atoms with Gasteiger partial charge in [-0.2, -0.15) is 5.48 Å². The Balaban J connectivity index is 3.54. The lowest BCUT2D eigenvalue weighted by atomic mass is 10.2. The number of ether oxygens (including phenoxy) is 2. The van der Waals surface area contributed by atoms with Gasteiger partial charge in [-0.05, 0) is 20.8 Å². The number of alkyl halides is 1. The lowest BCUT2D eigenvalue weighted by Crippen LogP contribution is -2.30. The maximum absolute atomic E-state index is 11.2. The zero-order valence-electron chi connectivity index (χ0n) is 11.2. The van der Waals surface area contributed by atoms with Crippen LogP contribution in [0.25, 0.3) is 0 Å². The van der Waals surface area contributed by atoms with Crippen LogP contribution in [0.15, 0.2) is 0 Å². The fourth-order valence-electron chi connectivity index (χ4n) is 0.874. The van der Waals surface area contributed by atoms with E-state index >= 15 is 0 Å². The predicted molar refractivity (Wildman–Crippen MR) is 69.6 cm³/mol. The Morgan fingerprint density at radius 2 is 1.84 bits per heavy atom. The molecule has 0 radical (unpaired) electrons. The molecule has 0 bridgehead atoms. The molecule has 0 atom stereocenters. The van der Waals surface area contributed by atoms with Crippen molar-refractivity contribution in [2.45, 2.75) is 26.4 Å². The molecule has 0 fully saturated rings. The van der Waals surface area contributed by atoms with Gasteiger partial charge >= 0.3 is 11.9 Å². The first-order valence-corrected chi connectivity index (χ1v) is 6.71. The van der Waals surface area contributed by atoms with Gasteiger partial charge in [-0.1, -0.05) is 15.9 Å². The second-order valence-corrected chi connectivity index (χ2v) is 5.02. The van der Waals surface area contributed by atoms with E-state index in [0.29, 0.717) is 0 Å². The molecular formula is C11H18BrNO6. The van der Waals surface area contributed by atoms with Gasteiger partial charge in [-0.15, -0.1) is 0 Å². The second-order valence-electron chi connectivity index (χ2n) is 4.46. The highest BCUT2D eigenvalue weighted by Gasteiger charge is 2.16. The molecule has 0 aliphatic carbocycles. The molecule has 0 aromatic carbocycles. The number of hydrogen-bond acceptors (Lipinski definition) is 7. The number of carbonyl (C=O) groups is 3. The summed E-state index contributed by atoms with van der Waals surface area (Å²) in [4.78, 5) is 37.8. The van der Waals surface area contributed by atoms with Gasteiger partial charge in [0.05, 0.1) is 11.9 Å². The smallest absolute Gasteiger partial charge is 0.375 e. The molecule has 0 aromatic heterocycles. The number of halogens is 1. The standard InChI is InChI=1S/C11H18BrNO6/c1-11(2,3)19-9(15)7-18-13-4-5-17-10(16)8(14)6-12/h13H,4-7H2,1-3H3. The number of Topliss-reactive ketones (excluding diaryl/α,β-unsaturated/α-hetero) is 1. The summed E-state index contributed by atoms with van der Waals surface area (Å²) in [6.45, 7) is 5.11. The van der Waals surface area contributed by atoms with E-state index in [-0.39, 0.29) is 25.1 Å². The molecular weight excluding hydrogens is 322 g/mol. The lowest BCUT2D eigenvalue weighted by molar-refractivity contribution is -0.163. The highest BCUT2D eigenvalue weighted by atomic mass is 79.9. The van der Waals surface area contributed by atoms with Crippen molar-refractivity contribution in [2.75, 3.05) is 25.1 Å². The molecule has 0 spiro atoms. The Hall–Kier alpha value is -0.990. The van der Waals surface area contributed by atoms with E-state index in [0.717, 1.165) is 0 Å². The zero-order valence-corrected chi connectivity index (χ0v) is 12.7. The fraction of sp³-hybridized carbons (Fsp3) is 0.727. The highest BCUT2D eigenvalue weighted by Crippen LogP contribution is 2.06. The third-order valence-electron chi connectivity index (χ3n) is 1.50. The van der Waals surface area contributed by atoms with Crippen molar-refractivity contribution in [1.82, 2.24) is 5.48 Å². The van der Waals surface area contributed by atoms with Gasteiger partial charge in [-0.25, -0.2) is 9.59 Å². The van der Waals surface area contributed by atoms with Crippen molar-refractivity contribution >= 4 is 33.7 Å². The monoisotopic (exact) mass is 339 g/mol. The van der Waals surface area contributed by atoms with Crippen LogP contribution in [0.5, 0.6) is 0 Å². The van der Waals surface area contributed by atoms with Gasteiger partial charge in [0, 0.05) is 0 Å². The van der Waals surface area contributed by atoms with Gasteiger partial charge in [-0.3, -0.25) is 9.63 Å². The van der Waals surface area contributed by atoms with Gasteiger partial charge in [0.15, 0.2) is 6.61 Å². The second kappa shape index (κ2) is 9.00. The van der Waals surface area contributed by atoms with E-state index in [1.807, 2.05) is 0 Å². The van der Waals surface area contributed by atoms with Crippen molar-refractivity contribution in [1.29, 1.82) is 0 Å². The minimum Gasteiger partial charge on any atom is -0.458 e. The molecule has 0 unspecified atom stereocenters. The van der Waals surface area contributed by atoms with E-state index < -0.39 is 23.3 Å². The first-order valence-electron chi connectivity index (χ1n) is 5.58. The largest absolute Gasteiger partial charge is 0.458 e. The Labute approximate surface area is 120 Å². The average Bonchev–Trinajstić information content (AvgIpc) is 2.29. The molecule has 0 saturated carbocycles. The number of ketones is 1. The van der Waals surface area contributed by atoms with E-state index in [2.05, 4.69) is 26.1 Å². The van der Waals surface area contributed by atoms with Crippen LogP contribution in [0.1, 0.15) is 20.8 Å². The van der Waals surface area contributed by atoms with Gasteiger partial charge in [0.25, 0.3) is 0 Å². The zero-order chi connectivity index (χ0) is 14.9. The van der Waals surface area contributed by atoms with E-state index in [1.165, 1.54) is 0 Å². The quantitative estimate of drug-likeness (QED) is 0.224. The van der Waals surface area contributed by atoms with Crippen LogP contribution >= 0.6 is 15.9 Å². The summed E-state index contributed by atoms with van der Waals surface area (Å²) in [5.41, 5.74) is 1.85. The normalized spacial score (nSPS) is 10.9. The lowest BCUT2D eigenvalue weighted by Gasteiger charge is -2.19. The molecule has 19 heavy (non-hydrogen) atoms. The minimum atomic E-state index is -0.911. The van der Waals surface area contributed by atoms with Crippen LogP contribution in [0.4, 0.5) is 0 Å². The van der Waals surface area contributed by atoms with Gasteiger partial charge in [0.2, 0.25) is 5.78 Å². The molecule has 0 aliphatic heterocycles. The summed E-state index contributed by atoms with van der Waals surface area (Å²) in [7, 11) is 0. The maximum Gasteiger partial charge on any atom is 0.375 e. The molecule has 0 heterocycles. The van der Waals surface area contributed by atoms with Crippen LogP contribution in [-0.4, -0.2) is 48.4 Å².